The third kappa shape index (κ3) is 1.85. The average Bonchev–Trinajstić information content (AvgIpc) is 2.47. The molecule has 0 amide bonds. The normalized spacial score (nSPS) is 22.6. The van der Waals surface area contributed by atoms with Crippen LogP contribution in [-0.2, 0) is 6.42 Å². The van der Waals surface area contributed by atoms with Crippen LogP contribution in [0.3, 0.4) is 0 Å². The lowest BCUT2D eigenvalue weighted by atomic mass is 9.62. The van der Waals surface area contributed by atoms with E-state index in [1.54, 1.807) is 0 Å². The molecule has 0 nitrogen and oxygen atoms in total. The van der Waals surface area contributed by atoms with Crippen LogP contribution < -0.4 is 0 Å². The van der Waals surface area contributed by atoms with Crippen LogP contribution in [0.15, 0.2) is 66.7 Å². The Balaban J connectivity index is 1.80. The molecule has 0 heterocycles. The molecule has 0 N–H and O–H groups in total. The first kappa shape index (κ1) is 12.7. The Kier molecular flexibility index (Phi) is 2.73. The molecule has 2 aromatic carbocycles. The standard InChI is InChI=1S/C20H16S/c1-20(13-14-7-3-2-4-8-14)12-11-17(21)18-15-9-5-6-10-16(15)19(18)20/h2-12H,13H2,1H3. The summed E-state index contributed by atoms with van der Waals surface area (Å²) >= 11 is 5.56. The van der Waals surface area contributed by atoms with Crippen molar-refractivity contribution >= 4 is 28.2 Å². The SMILES string of the molecule is CC1(Cc2ccccc2)C=CC(=S)C2=C1c1ccccc12. The minimum Gasteiger partial charge on any atom is -0.0794 e. The van der Waals surface area contributed by atoms with Gasteiger partial charge in [0.2, 0.25) is 0 Å². The molecule has 0 fully saturated rings. The van der Waals surface area contributed by atoms with Crippen LogP contribution in [0.4, 0.5) is 0 Å². The monoisotopic (exact) mass is 288 g/mol. The van der Waals surface area contributed by atoms with Crippen molar-refractivity contribution in [1.82, 2.24) is 0 Å². The van der Waals surface area contributed by atoms with E-state index < -0.39 is 0 Å². The van der Waals surface area contributed by atoms with Crippen molar-refractivity contribution in [3.05, 3.63) is 83.4 Å². The van der Waals surface area contributed by atoms with E-state index in [0.717, 1.165) is 11.3 Å². The molecule has 21 heavy (non-hydrogen) atoms. The lowest BCUT2D eigenvalue weighted by molar-refractivity contribution is 0.567. The third-order valence-corrected chi connectivity index (χ3v) is 4.89. The number of fused-ring (bicyclic) bond motifs is 3. The average molecular weight is 288 g/mol. The summed E-state index contributed by atoms with van der Waals surface area (Å²) in [5.41, 5.74) is 6.82. The summed E-state index contributed by atoms with van der Waals surface area (Å²) in [6, 6.07) is 19.3. The summed E-state index contributed by atoms with van der Waals surface area (Å²) in [4.78, 5) is 0.981. The van der Waals surface area contributed by atoms with Crippen LogP contribution in [0.5, 0.6) is 0 Å². The summed E-state index contributed by atoms with van der Waals surface area (Å²) in [6.07, 6.45) is 5.42. The first-order valence-electron chi connectivity index (χ1n) is 7.31. The highest BCUT2D eigenvalue weighted by Crippen LogP contribution is 2.54. The molecular weight excluding hydrogens is 272 g/mol. The van der Waals surface area contributed by atoms with Gasteiger partial charge in [-0.1, -0.05) is 79.8 Å². The fourth-order valence-corrected chi connectivity index (χ4v) is 3.85. The molecular formula is C20H16S. The fourth-order valence-electron chi connectivity index (χ4n) is 3.57. The highest BCUT2D eigenvalue weighted by atomic mass is 32.1. The van der Waals surface area contributed by atoms with Gasteiger partial charge in [0, 0.05) is 15.9 Å². The topological polar surface area (TPSA) is 0 Å². The predicted molar refractivity (Wildman–Crippen MR) is 93.2 cm³/mol. The molecule has 0 saturated heterocycles. The highest BCUT2D eigenvalue weighted by molar-refractivity contribution is 7.81. The van der Waals surface area contributed by atoms with Crippen molar-refractivity contribution in [2.75, 3.05) is 0 Å². The maximum Gasteiger partial charge on any atom is 0.0456 e. The van der Waals surface area contributed by atoms with Crippen molar-refractivity contribution in [3.63, 3.8) is 0 Å². The molecule has 0 aromatic heterocycles. The Hall–Kier alpha value is -1.99. The van der Waals surface area contributed by atoms with Gasteiger partial charge in [0.25, 0.3) is 0 Å². The highest BCUT2D eigenvalue weighted by Gasteiger charge is 2.40. The van der Waals surface area contributed by atoms with E-state index in [-0.39, 0.29) is 5.41 Å². The van der Waals surface area contributed by atoms with Crippen molar-refractivity contribution in [3.8, 4) is 0 Å². The molecule has 1 unspecified atom stereocenters. The van der Waals surface area contributed by atoms with Crippen molar-refractivity contribution < 1.29 is 0 Å². The van der Waals surface area contributed by atoms with Crippen LogP contribution in [0.1, 0.15) is 23.6 Å². The zero-order valence-corrected chi connectivity index (χ0v) is 12.8. The zero-order valence-electron chi connectivity index (χ0n) is 12.0. The Morgan fingerprint density at radius 1 is 0.905 bits per heavy atom. The molecule has 0 aliphatic heterocycles. The van der Waals surface area contributed by atoms with Gasteiger partial charge in [-0.2, -0.15) is 0 Å². The number of hydrogen-bond acceptors (Lipinski definition) is 1. The first-order chi connectivity index (χ1) is 10.2. The lowest BCUT2D eigenvalue weighted by Crippen LogP contribution is -2.30. The van der Waals surface area contributed by atoms with Crippen LogP contribution in [0.25, 0.3) is 11.1 Å². The van der Waals surface area contributed by atoms with Crippen molar-refractivity contribution in [1.29, 1.82) is 0 Å². The van der Waals surface area contributed by atoms with Crippen LogP contribution in [0, 0.1) is 5.41 Å². The molecule has 2 aliphatic rings. The quantitative estimate of drug-likeness (QED) is 0.693. The number of allylic oxidation sites excluding steroid dienone is 4. The largest absolute Gasteiger partial charge is 0.0794 e. The first-order valence-corrected chi connectivity index (χ1v) is 7.72. The summed E-state index contributed by atoms with van der Waals surface area (Å²) in [5.74, 6) is 0. The second kappa shape index (κ2) is 4.51. The van der Waals surface area contributed by atoms with Crippen molar-refractivity contribution in [2.24, 2.45) is 5.41 Å². The van der Waals surface area contributed by atoms with E-state index in [2.05, 4.69) is 73.7 Å². The number of benzene rings is 2. The second-order valence-corrected chi connectivity index (χ2v) is 6.51. The zero-order chi connectivity index (χ0) is 14.4. The molecule has 1 atom stereocenters. The Morgan fingerprint density at radius 3 is 2.33 bits per heavy atom. The summed E-state index contributed by atoms with van der Waals surface area (Å²) < 4.78 is 0. The van der Waals surface area contributed by atoms with E-state index in [1.807, 2.05) is 0 Å². The van der Waals surface area contributed by atoms with Crippen LogP contribution >= 0.6 is 12.2 Å². The third-order valence-electron chi connectivity index (χ3n) is 4.55. The van der Waals surface area contributed by atoms with Gasteiger partial charge in [0.1, 0.15) is 0 Å². The van der Waals surface area contributed by atoms with Gasteiger partial charge in [-0.05, 0) is 34.8 Å². The fraction of sp³-hybridized carbons (Fsp3) is 0.150. The maximum atomic E-state index is 5.56. The Morgan fingerprint density at radius 2 is 1.57 bits per heavy atom. The molecule has 2 aromatic rings. The van der Waals surface area contributed by atoms with Gasteiger partial charge in [-0.3, -0.25) is 0 Å². The van der Waals surface area contributed by atoms with E-state index in [4.69, 9.17) is 12.2 Å². The van der Waals surface area contributed by atoms with Gasteiger partial charge in [0.05, 0.1) is 0 Å². The van der Waals surface area contributed by atoms with Gasteiger partial charge in [0.15, 0.2) is 0 Å². The Bertz CT molecular complexity index is 796. The molecule has 0 saturated carbocycles. The smallest absolute Gasteiger partial charge is 0.0456 e. The summed E-state index contributed by atoms with van der Waals surface area (Å²) in [5, 5.41) is 0. The molecule has 0 bridgehead atoms. The van der Waals surface area contributed by atoms with Gasteiger partial charge in [-0.15, -0.1) is 0 Å². The predicted octanol–water partition coefficient (Wildman–Crippen LogP) is 5.10. The van der Waals surface area contributed by atoms with E-state index >= 15 is 0 Å². The molecule has 0 spiro atoms. The minimum atomic E-state index is 0.0351. The van der Waals surface area contributed by atoms with Gasteiger partial charge >= 0.3 is 0 Å². The number of rotatable bonds is 2. The summed E-state index contributed by atoms with van der Waals surface area (Å²) in [7, 11) is 0. The van der Waals surface area contributed by atoms with Gasteiger partial charge in [-0.25, -0.2) is 0 Å². The van der Waals surface area contributed by atoms with Crippen LogP contribution in [-0.4, -0.2) is 4.86 Å². The maximum absolute atomic E-state index is 5.56. The number of thiocarbonyl (C=S) groups is 1. The van der Waals surface area contributed by atoms with E-state index in [0.29, 0.717) is 0 Å². The Labute approximate surface area is 130 Å². The molecule has 2 aliphatic carbocycles. The second-order valence-electron chi connectivity index (χ2n) is 6.07. The van der Waals surface area contributed by atoms with Gasteiger partial charge < -0.3 is 0 Å². The van der Waals surface area contributed by atoms with Crippen LogP contribution in [0.2, 0.25) is 0 Å². The van der Waals surface area contributed by atoms with E-state index in [1.165, 1.54) is 27.8 Å². The van der Waals surface area contributed by atoms with E-state index in [9.17, 15) is 0 Å². The molecule has 0 radical (unpaired) electrons. The minimum absolute atomic E-state index is 0.0351. The summed E-state index contributed by atoms with van der Waals surface area (Å²) in [6.45, 7) is 2.32. The molecule has 102 valence electrons. The van der Waals surface area contributed by atoms with Crippen molar-refractivity contribution in [2.45, 2.75) is 13.3 Å². The lowest BCUT2D eigenvalue weighted by Gasteiger charge is -2.42. The molecule has 1 heteroatoms. The number of hydrogen-bond donors (Lipinski definition) is 0. The molecule has 4 rings (SSSR count).